The van der Waals surface area contributed by atoms with Crippen molar-refractivity contribution >= 4 is 34.7 Å². The van der Waals surface area contributed by atoms with Crippen LogP contribution in [0.2, 0.25) is 0 Å². The number of aromatic nitrogens is 2. The van der Waals surface area contributed by atoms with E-state index < -0.39 is 0 Å². The Morgan fingerprint density at radius 1 is 1.08 bits per heavy atom. The lowest BCUT2D eigenvalue weighted by molar-refractivity contribution is -0.111. The average molecular weight is 345 g/mol. The number of imidazole rings is 1. The van der Waals surface area contributed by atoms with Gasteiger partial charge in [0.1, 0.15) is 5.65 Å². The summed E-state index contributed by atoms with van der Waals surface area (Å²) in [6.07, 6.45) is 7.32. The third-order valence-corrected chi connectivity index (χ3v) is 4.59. The van der Waals surface area contributed by atoms with Gasteiger partial charge < -0.3 is 9.72 Å². The fourth-order valence-corrected chi connectivity index (χ4v) is 3.14. The Kier molecular flexibility index (Phi) is 4.14. The van der Waals surface area contributed by atoms with Crippen molar-refractivity contribution < 1.29 is 4.79 Å². The van der Waals surface area contributed by atoms with Crippen molar-refractivity contribution in [2.45, 2.75) is 0 Å². The molecule has 1 amide bonds. The Morgan fingerprint density at radius 2 is 1.96 bits per heavy atom. The van der Waals surface area contributed by atoms with Crippen LogP contribution >= 0.6 is 11.3 Å². The molecule has 0 saturated heterocycles. The van der Waals surface area contributed by atoms with E-state index in [2.05, 4.69) is 10.3 Å². The van der Waals surface area contributed by atoms with E-state index in [1.54, 1.807) is 17.4 Å². The van der Waals surface area contributed by atoms with Gasteiger partial charge in [0, 0.05) is 34.6 Å². The summed E-state index contributed by atoms with van der Waals surface area (Å²) in [5, 5.41) is 4.84. The van der Waals surface area contributed by atoms with Gasteiger partial charge in [0.2, 0.25) is 5.91 Å². The Balaban J connectivity index is 1.47. The van der Waals surface area contributed by atoms with Crippen LogP contribution in [0.3, 0.4) is 0 Å². The molecule has 0 radical (unpaired) electrons. The highest BCUT2D eigenvalue weighted by Gasteiger charge is 2.04. The number of carbonyl (C=O) groups excluding carboxylic acids is 1. The zero-order valence-corrected chi connectivity index (χ0v) is 14.1. The second-order valence-electron chi connectivity index (χ2n) is 5.51. The van der Waals surface area contributed by atoms with Gasteiger partial charge in [0.15, 0.2) is 0 Å². The van der Waals surface area contributed by atoms with Crippen molar-refractivity contribution in [2.75, 3.05) is 5.32 Å². The highest BCUT2D eigenvalue weighted by atomic mass is 32.1. The Hall–Kier alpha value is -3.18. The molecule has 0 aliphatic carbocycles. The molecule has 4 rings (SSSR count). The number of amides is 1. The molecule has 4 nitrogen and oxygen atoms in total. The molecule has 1 aromatic carbocycles. The van der Waals surface area contributed by atoms with E-state index in [9.17, 15) is 4.79 Å². The normalized spacial score (nSPS) is 11.2. The molecule has 3 aromatic heterocycles. The lowest BCUT2D eigenvalue weighted by atomic mass is 10.1. The summed E-state index contributed by atoms with van der Waals surface area (Å²) in [6, 6.07) is 17.5. The van der Waals surface area contributed by atoms with Gasteiger partial charge in [-0.25, -0.2) is 4.98 Å². The minimum absolute atomic E-state index is 0.145. The number of hydrogen-bond acceptors (Lipinski definition) is 3. The summed E-state index contributed by atoms with van der Waals surface area (Å²) in [6.45, 7) is 0. The maximum Gasteiger partial charge on any atom is 0.248 e. The van der Waals surface area contributed by atoms with Gasteiger partial charge in [-0.05, 0) is 41.8 Å². The average Bonchev–Trinajstić information content (AvgIpc) is 3.30. The molecule has 5 heteroatoms. The number of anilines is 1. The molecule has 0 unspecified atom stereocenters. The molecule has 1 N–H and O–H groups in total. The number of nitrogens with zero attached hydrogens (tertiary/aromatic N) is 2. The number of thiophene rings is 1. The van der Waals surface area contributed by atoms with Crippen LogP contribution in [-0.4, -0.2) is 15.3 Å². The molecule has 0 bridgehead atoms. The number of fused-ring (bicyclic) bond motifs is 1. The smallest absolute Gasteiger partial charge is 0.248 e. The Morgan fingerprint density at radius 3 is 2.72 bits per heavy atom. The van der Waals surface area contributed by atoms with E-state index >= 15 is 0 Å². The highest BCUT2D eigenvalue weighted by Crippen LogP contribution is 2.21. The van der Waals surface area contributed by atoms with Crippen LogP contribution in [0.5, 0.6) is 0 Å². The summed E-state index contributed by atoms with van der Waals surface area (Å²) >= 11 is 1.60. The molecular formula is C20H15N3OS. The molecule has 0 aliphatic heterocycles. The quantitative estimate of drug-likeness (QED) is 0.544. The van der Waals surface area contributed by atoms with E-state index in [1.165, 1.54) is 0 Å². The van der Waals surface area contributed by atoms with Crippen molar-refractivity contribution in [2.24, 2.45) is 0 Å². The minimum atomic E-state index is -0.145. The fraction of sp³-hybridized carbons (Fsp3) is 0. The standard InChI is InChI=1S/C20H15N3OS/c24-20(11-10-17-4-3-13-25-17)21-16-8-6-15(7-9-16)18-14-23-12-2-1-5-19(23)22-18/h1-14H,(H,21,24)/b11-10+. The molecule has 0 atom stereocenters. The first-order valence-electron chi connectivity index (χ1n) is 7.85. The lowest BCUT2D eigenvalue weighted by Gasteiger charge is -2.03. The number of pyridine rings is 1. The van der Waals surface area contributed by atoms with Crippen molar-refractivity contribution in [3.05, 3.63) is 83.3 Å². The summed E-state index contributed by atoms with van der Waals surface area (Å²) in [4.78, 5) is 17.6. The monoisotopic (exact) mass is 345 g/mol. The van der Waals surface area contributed by atoms with E-state index in [1.807, 2.05) is 82.8 Å². The fourth-order valence-electron chi connectivity index (χ4n) is 2.53. The first kappa shape index (κ1) is 15.4. The molecular weight excluding hydrogens is 330 g/mol. The summed E-state index contributed by atoms with van der Waals surface area (Å²) in [7, 11) is 0. The highest BCUT2D eigenvalue weighted by molar-refractivity contribution is 7.10. The molecule has 0 saturated carbocycles. The second kappa shape index (κ2) is 6.75. The molecule has 0 fully saturated rings. The van der Waals surface area contributed by atoms with Crippen LogP contribution in [0.1, 0.15) is 4.88 Å². The number of carbonyl (C=O) groups is 1. The van der Waals surface area contributed by atoms with Gasteiger partial charge in [0.25, 0.3) is 0 Å². The van der Waals surface area contributed by atoms with Crippen LogP contribution in [0, 0.1) is 0 Å². The topological polar surface area (TPSA) is 46.4 Å². The molecule has 25 heavy (non-hydrogen) atoms. The second-order valence-corrected chi connectivity index (χ2v) is 6.49. The van der Waals surface area contributed by atoms with Crippen molar-refractivity contribution in [3.63, 3.8) is 0 Å². The maximum atomic E-state index is 12.0. The van der Waals surface area contributed by atoms with E-state index in [0.29, 0.717) is 0 Å². The molecule has 0 aliphatic rings. The lowest BCUT2D eigenvalue weighted by Crippen LogP contribution is -2.07. The molecule has 4 aromatic rings. The van der Waals surface area contributed by atoms with Crippen LogP contribution in [0.4, 0.5) is 5.69 Å². The number of nitrogens with one attached hydrogen (secondary N) is 1. The van der Waals surface area contributed by atoms with Gasteiger partial charge in [0.05, 0.1) is 5.69 Å². The van der Waals surface area contributed by atoms with Crippen molar-refractivity contribution in [3.8, 4) is 11.3 Å². The van der Waals surface area contributed by atoms with Gasteiger partial charge in [-0.15, -0.1) is 11.3 Å². The predicted octanol–water partition coefficient (Wildman–Crippen LogP) is 4.71. The van der Waals surface area contributed by atoms with Gasteiger partial charge >= 0.3 is 0 Å². The zero-order valence-electron chi connectivity index (χ0n) is 13.3. The largest absolute Gasteiger partial charge is 0.323 e. The molecule has 0 spiro atoms. The van der Waals surface area contributed by atoms with Crippen LogP contribution in [-0.2, 0) is 4.79 Å². The number of hydrogen-bond donors (Lipinski definition) is 1. The number of benzene rings is 1. The van der Waals surface area contributed by atoms with Crippen molar-refractivity contribution in [1.29, 1.82) is 0 Å². The Bertz CT molecular complexity index is 997. The zero-order chi connectivity index (χ0) is 17.1. The first-order chi connectivity index (χ1) is 12.3. The van der Waals surface area contributed by atoms with Crippen LogP contribution in [0.25, 0.3) is 23.0 Å². The van der Waals surface area contributed by atoms with E-state index in [-0.39, 0.29) is 5.91 Å². The number of rotatable bonds is 4. The van der Waals surface area contributed by atoms with Gasteiger partial charge in [-0.1, -0.05) is 24.3 Å². The van der Waals surface area contributed by atoms with E-state index in [0.717, 1.165) is 27.5 Å². The maximum absolute atomic E-state index is 12.0. The van der Waals surface area contributed by atoms with Crippen LogP contribution < -0.4 is 5.32 Å². The first-order valence-corrected chi connectivity index (χ1v) is 8.73. The van der Waals surface area contributed by atoms with E-state index in [4.69, 9.17) is 0 Å². The Labute approximate surface area is 149 Å². The predicted molar refractivity (Wildman–Crippen MR) is 103 cm³/mol. The third-order valence-electron chi connectivity index (χ3n) is 3.75. The molecule has 122 valence electrons. The van der Waals surface area contributed by atoms with Crippen LogP contribution in [0.15, 0.2) is 78.4 Å². The van der Waals surface area contributed by atoms with Crippen molar-refractivity contribution in [1.82, 2.24) is 9.38 Å². The van der Waals surface area contributed by atoms with Gasteiger partial charge in [-0.2, -0.15) is 0 Å². The SMILES string of the molecule is O=C(/C=C/c1cccs1)Nc1ccc(-c2cn3ccccc3n2)cc1. The summed E-state index contributed by atoms with van der Waals surface area (Å²) in [5.41, 5.74) is 3.58. The molecule has 3 heterocycles. The van der Waals surface area contributed by atoms with Gasteiger partial charge in [-0.3, -0.25) is 4.79 Å². The summed E-state index contributed by atoms with van der Waals surface area (Å²) in [5.74, 6) is -0.145. The summed E-state index contributed by atoms with van der Waals surface area (Å²) < 4.78 is 1.99. The minimum Gasteiger partial charge on any atom is -0.323 e. The third kappa shape index (κ3) is 3.51.